The van der Waals surface area contributed by atoms with E-state index < -0.39 is 5.97 Å². The number of benzene rings is 3. The Kier molecular flexibility index (Phi) is 6.58. The summed E-state index contributed by atoms with van der Waals surface area (Å²) in [5.41, 5.74) is 6.20. The monoisotopic (exact) mass is 438 g/mol. The second kappa shape index (κ2) is 9.90. The van der Waals surface area contributed by atoms with Crippen LogP contribution < -0.4 is 5.32 Å². The Hall–Kier alpha value is -4.28. The van der Waals surface area contributed by atoms with E-state index in [-0.39, 0.29) is 6.42 Å². The van der Waals surface area contributed by atoms with Gasteiger partial charge in [0.25, 0.3) is 5.89 Å². The van der Waals surface area contributed by atoms with Crippen LogP contribution in [0.25, 0.3) is 34.0 Å². The average Bonchev–Trinajstić information content (AvgIpc) is 3.32. The highest BCUT2D eigenvalue weighted by atomic mass is 16.5. The summed E-state index contributed by atoms with van der Waals surface area (Å²) in [6.45, 7) is 3.00. The van der Waals surface area contributed by atoms with Gasteiger partial charge in [-0.05, 0) is 47.4 Å². The predicted molar refractivity (Wildman–Crippen MR) is 124 cm³/mol. The Bertz CT molecular complexity index is 1320. The molecule has 164 valence electrons. The van der Waals surface area contributed by atoms with Crippen molar-refractivity contribution in [1.82, 2.24) is 15.5 Å². The van der Waals surface area contributed by atoms with Crippen LogP contribution in [0.15, 0.2) is 71.3 Å². The van der Waals surface area contributed by atoms with Crippen molar-refractivity contribution in [2.75, 3.05) is 6.54 Å². The molecule has 7 nitrogen and oxygen atoms in total. The minimum Gasteiger partial charge on any atom is -0.481 e. The maximum absolute atomic E-state index is 10.6. The first-order valence-electron chi connectivity index (χ1n) is 10.5. The third-order valence-corrected chi connectivity index (χ3v) is 5.29. The fourth-order valence-electron chi connectivity index (χ4n) is 3.57. The van der Waals surface area contributed by atoms with Crippen LogP contribution in [0.3, 0.4) is 0 Å². The van der Waals surface area contributed by atoms with Gasteiger partial charge in [-0.25, -0.2) is 0 Å². The Morgan fingerprint density at radius 1 is 1.06 bits per heavy atom. The van der Waals surface area contributed by atoms with Gasteiger partial charge in [0.1, 0.15) is 0 Å². The Balaban J connectivity index is 1.49. The Labute approximate surface area is 191 Å². The van der Waals surface area contributed by atoms with Crippen LogP contribution in [-0.2, 0) is 11.3 Å². The maximum atomic E-state index is 10.6. The number of carboxylic acid groups (broad SMARTS) is 1. The molecule has 0 unspecified atom stereocenters. The Morgan fingerprint density at radius 3 is 2.55 bits per heavy atom. The fourth-order valence-corrected chi connectivity index (χ4v) is 3.57. The van der Waals surface area contributed by atoms with Crippen molar-refractivity contribution in [3.63, 3.8) is 0 Å². The summed E-state index contributed by atoms with van der Waals surface area (Å²) >= 11 is 0. The zero-order valence-corrected chi connectivity index (χ0v) is 18.1. The van der Waals surface area contributed by atoms with Crippen LogP contribution in [-0.4, -0.2) is 27.8 Å². The molecular formula is C26H22N4O3. The SMILES string of the molecule is Cc1cc(-c2nc(-c3ccc(CNCCC(=O)O)cc3)no2)ccc1-c1ccccc1C#N. The third-order valence-electron chi connectivity index (χ3n) is 5.29. The molecule has 0 aliphatic carbocycles. The van der Waals surface area contributed by atoms with Gasteiger partial charge in [-0.3, -0.25) is 4.79 Å². The van der Waals surface area contributed by atoms with E-state index in [0.717, 1.165) is 33.4 Å². The molecule has 4 rings (SSSR count). The van der Waals surface area contributed by atoms with Crippen LogP contribution in [0.4, 0.5) is 0 Å². The number of aliphatic carboxylic acids is 1. The lowest BCUT2D eigenvalue weighted by molar-refractivity contribution is -0.136. The van der Waals surface area contributed by atoms with E-state index in [1.54, 1.807) is 0 Å². The van der Waals surface area contributed by atoms with Crippen molar-refractivity contribution in [1.29, 1.82) is 5.26 Å². The first kappa shape index (κ1) is 21.9. The van der Waals surface area contributed by atoms with Gasteiger partial charge in [0.15, 0.2) is 0 Å². The summed E-state index contributed by atoms with van der Waals surface area (Å²) < 4.78 is 5.50. The lowest BCUT2D eigenvalue weighted by Crippen LogP contribution is -2.17. The molecule has 0 saturated carbocycles. The Morgan fingerprint density at radius 2 is 1.82 bits per heavy atom. The van der Waals surface area contributed by atoms with Gasteiger partial charge < -0.3 is 14.9 Å². The van der Waals surface area contributed by atoms with E-state index >= 15 is 0 Å². The number of nitriles is 1. The lowest BCUT2D eigenvalue weighted by atomic mass is 9.95. The molecule has 0 bridgehead atoms. The number of aromatic nitrogens is 2. The van der Waals surface area contributed by atoms with Crippen LogP contribution in [0.5, 0.6) is 0 Å². The van der Waals surface area contributed by atoms with Crippen molar-refractivity contribution in [3.8, 4) is 40.0 Å². The molecule has 0 aliphatic rings. The van der Waals surface area contributed by atoms with Crippen molar-refractivity contribution < 1.29 is 14.4 Å². The molecular weight excluding hydrogens is 416 g/mol. The summed E-state index contributed by atoms with van der Waals surface area (Å²) in [7, 11) is 0. The van der Waals surface area contributed by atoms with Crippen molar-refractivity contribution >= 4 is 5.97 Å². The number of rotatable bonds is 8. The van der Waals surface area contributed by atoms with E-state index in [2.05, 4.69) is 21.5 Å². The summed E-state index contributed by atoms with van der Waals surface area (Å²) in [6.07, 6.45) is 0.0923. The van der Waals surface area contributed by atoms with Crippen LogP contribution in [0.1, 0.15) is 23.1 Å². The largest absolute Gasteiger partial charge is 0.481 e. The number of hydrogen-bond donors (Lipinski definition) is 2. The van der Waals surface area contributed by atoms with Crippen LogP contribution in [0.2, 0.25) is 0 Å². The molecule has 0 radical (unpaired) electrons. The minimum absolute atomic E-state index is 0.0923. The van der Waals surface area contributed by atoms with Gasteiger partial charge in [0.05, 0.1) is 18.1 Å². The molecule has 0 aliphatic heterocycles. The molecule has 0 amide bonds. The van der Waals surface area contributed by atoms with Crippen LogP contribution >= 0.6 is 0 Å². The highest BCUT2D eigenvalue weighted by Gasteiger charge is 2.13. The van der Waals surface area contributed by atoms with Gasteiger partial charge in [-0.2, -0.15) is 10.2 Å². The fraction of sp³-hybridized carbons (Fsp3) is 0.154. The number of carboxylic acids is 1. The number of hydrogen-bond acceptors (Lipinski definition) is 6. The second-order valence-corrected chi connectivity index (χ2v) is 7.63. The standard InChI is InChI=1S/C26H22N4O3/c1-17-14-20(10-11-22(17)23-5-3-2-4-21(23)15-27)26-29-25(30-33-26)19-8-6-18(7-9-19)16-28-13-12-24(31)32/h2-11,14,28H,12-13,16H2,1H3,(H,31,32). The van der Waals surface area contributed by atoms with Crippen molar-refractivity contribution in [2.24, 2.45) is 0 Å². The highest BCUT2D eigenvalue weighted by molar-refractivity contribution is 5.75. The van der Waals surface area contributed by atoms with Gasteiger partial charge in [0, 0.05) is 24.2 Å². The highest BCUT2D eigenvalue weighted by Crippen LogP contribution is 2.30. The van der Waals surface area contributed by atoms with Gasteiger partial charge in [-0.1, -0.05) is 53.7 Å². The van der Waals surface area contributed by atoms with E-state index in [0.29, 0.717) is 30.4 Å². The molecule has 0 atom stereocenters. The number of aryl methyl sites for hydroxylation is 1. The smallest absolute Gasteiger partial charge is 0.304 e. The topological polar surface area (TPSA) is 112 Å². The average molecular weight is 438 g/mol. The molecule has 7 heteroatoms. The molecule has 0 fully saturated rings. The molecule has 0 saturated heterocycles. The number of carbonyl (C=O) groups is 1. The summed E-state index contributed by atoms with van der Waals surface area (Å²) in [5.74, 6) is 0.0992. The van der Waals surface area contributed by atoms with Crippen molar-refractivity contribution in [3.05, 3.63) is 83.4 Å². The molecule has 2 N–H and O–H groups in total. The summed E-state index contributed by atoms with van der Waals surface area (Å²) in [6, 6.07) is 23.4. The molecule has 33 heavy (non-hydrogen) atoms. The molecule has 1 aromatic heterocycles. The third kappa shape index (κ3) is 5.14. The molecule has 0 spiro atoms. The first-order chi connectivity index (χ1) is 16.0. The second-order valence-electron chi connectivity index (χ2n) is 7.63. The summed E-state index contributed by atoms with van der Waals surface area (Å²) in [5, 5.41) is 25.3. The molecule has 4 aromatic rings. The quantitative estimate of drug-likeness (QED) is 0.379. The van der Waals surface area contributed by atoms with Gasteiger partial charge >= 0.3 is 5.97 Å². The molecule has 3 aromatic carbocycles. The predicted octanol–water partition coefficient (Wildman–Crippen LogP) is 4.82. The zero-order valence-electron chi connectivity index (χ0n) is 18.1. The van der Waals surface area contributed by atoms with E-state index in [9.17, 15) is 10.1 Å². The summed E-state index contributed by atoms with van der Waals surface area (Å²) in [4.78, 5) is 15.1. The zero-order chi connectivity index (χ0) is 23.2. The van der Waals surface area contributed by atoms with Crippen LogP contribution in [0, 0.1) is 18.3 Å². The van der Waals surface area contributed by atoms with E-state index in [4.69, 9.17) is 9.63 Å². The number of nitrogens with one attached hydrogen (secondary N) is 1. The number of nitrogens with zero attached hydrogens (tertiary/aromatic N) is 3. The molecule has 1 heterocycles. The minimum atomic E-state index is -0.817. The van der Waals surface area contributed by atoms with E-state index in [1.165, 1.54) is 0 Å². The van der Waals surface area contributed by atoms with Gasteiger partial charge in [-0.15, -0.1) is 0 Å². The lowest BCUT2D eigenvalue weighted by Gasteiger charge is -2.08. The normalized spacial score (nSPS) is 10.7. The first-order valence-corrected chi connectivity index (χ1v) is 10.5. The van der Waals surface area contributed by atoms with Crippen molar-refractivity contribution in [2.45, 2.75) is 19.9 Å². The maximum Gasteiger partial charge on any atom is 0.304 e. The van der Waals surface area contributed by atoms with E-state index in [1.807, 2.05) is 73.7 Å². The van der Waals surface area contributed by atoms with Gasteiger partial charge in [0.2, 0.25) is 5.82 Å².